The van der Waals surface area contributed by atoms with Crippen LogP contribution in [0, 0.1) is 0 Å². The number of imidazole rings is 1. The predicted molar refractivity (Wildman–Crippen MR) is 114 cm³/mol. The van der Waals surface area contributed by atoms with Crippen LogP contribution in [0.2, 0.25) is 5.15 Å². The number of H-pyrrole nitrogens is 1. The Kier molecular flexibility index (Phi) is 7.45. The van der Waals surface area contributed by atoms with Crippen molar-refractivity contribution in [2.24, 2.45) is 5.73 Å². The highest BCUT2D eigenvalue weighted by atomic mass is 35.5. The monoisotopic (exact) mass is 433 g/mol. The van der Waals surface area contributed by atoms with E-state index in [2.05, 4.69) is 20.6 Å². The molecule has 30 heavy (non-hydrogen) atoms. The van der Waals surface area contributed by atoms with Crippen LogP contribution < -0.4 is 16.4 Å². The summed E-state index contributed by atoms with van der Waals surface area (Å²) in [5.41, 5.74) is 8.18. The molecule has 1 aliphatic heterocycles. The number of hydrogen-bond donors (Lipinski definition) is 4. The van der Waals surface area contributed by atoms with Crippen molar-refractivity contribution in [1.29, 1.82) is 0 Å². The highest BCUT2D eigenvalue weighted by Gasteiger charge is 2.19. The molecule has 1 aromatic carbocycles. The second kappa shape index (κ2) is 10.2. The number of rotatable bonds is 4. The van der Waals surface area contributed by atoms with Crippen LogP contribution in [0.3, 0.4) is 0 Å². The molecule has 160 valence electrons. The summed E-state index contributed by atoms with van der Waals surface area (Å²) in [6, 6.07) is 4.68. The minimum Gasteiger partial charge on any atom is -0.447 e. The first-order chi connectivity index (χ1) is 14.5. The van der Waals surface area contributed by atoms with Crippen LogP contribution in [0.15, 0.2) is 30.4 Å². The van der Waals surface area contributed by atoms with E-state index >= 15 is 0 Å². The lowest BCUT2D eigenvalue weighted by Gasteiger charge is -2.13. The van der Waals surface area contributed by atoms with Crippen molar-refractivity contribution in [2.45, 2.75) is 25.3 Å². The quantitative estimate of drug-likeness (QED) is 0.430. The van der Waals surface area contributed by atoms with E-state index < -0.39 is 6.09 Å². The number of nitrogens with zero attached hydrogens (tertiary/aromatic N) is 1. The van der Waals surface area contributed by atoms with Crippen LogP contribution in [0.25, 0.3) is 11.3 Å². The molecule has 0 aliphatic carbocycles. The maximum Gasteiger partial charge on any atom is 0.411 e. The molecule has 2 aromatic rings. The first kappa shape index (κ1) is 21.8. The summed E-state index contributed by atoms with van der Waals surface area (Å²) in [5.74, 6) is 0.385. The second-order valence-corrected chi connectivity index (χ2v) is 7.08. The van der Waals surface area contributed by atoms with E-state index in [-0.39, 0.29) is 18.6 Å². The molecule has 2 amide bonds. The second-order valence-electron chi connectivity index (χ2n) is 6.70. The average Bonchev–Trinajstić information content (AvgIpc) is 3.09. The molecule has 0 saturated heterocycles. The summed E-state index contributed by atoms with van der Waals surface area (Å²) in [5, 5.41) is 5.81. The third-order valence-electron chi connectivity index (χ3n) is 4.44. The smallest absolute Gasteiger partial charge is 0.411 e. The Hall–Kier alpha value is -2.88. The lowest BCUT2D eigenvalue weighted by Crippen LogP contribution is -2.17. The number of benzene rings is 1. The van der Waals surface area contributed by atoms with Crippen molar-refractivity contribution in [3.05, 3.63) is 41.3 Å². The van der Waals surface area contributed by atoms with E-state index in [4.69, 9.17) is 26.8 Å². The average molecular weight is 434 g/mol. The number of ether oxygens (including phenoxy) is 2. The standard InChI is InChI=1S/C20H24ClN5O4/c1-29-9-10-30-20(28)23-12-7-8-13-15(11-12)24-16(27)6-4-2-3-5-14(22)19-25-17(13)18(21)26-19/h2-3,7-8,11,14H,4-6,9-10,22H2,1H3,(H,23,28)(H,24,27)(H,25,26)/b3-2+/t14-/m0/s1. The summed E-state index contributed by atoms with van der Waals surface area (Å²) in [6.45, 7) is 0.424. The Morgan fingerprint density at radius 3 is 3.00 bits per heavy atom. The fourth-order valence-electron chi connectivity index (χ4n) is 2.93. The number of fused-ring (bicyclic) bond motifs is 4. The van der Waals surface area contributed by atoms with Gasteiger partial charge in [0.05, 0.1) is 18.3 Å². The number of hydrogen-bond acceptors (Lipinski definition) is 6. The minimum atomic E-state index is -0.626. The van der Waals surface area contributed by atoms with Gasteiger partial charge in [0.1, 0.15) is 23.3 Å². The van der Waals surface area contributed by atoms with Gasteiger partial charge in [-0.15, -0.1) is 0 Å². The highest BCUT2D eigenvalue weighted by molar-refractivity contribution is 6.32. The molecule has 0 spiro atoms. The van der Waals surface area contributed by atoms with Gasteiger partial charge >= 0.3 is 6.09 Å². The molecule has 1 aliphatic rings. The van der Waals surface area contributed by atoms with Crippen molar-refractivity contribution in [3.8, 4) is 11.3 Å². The number of carbonyl (C=O) groups excluding carboxylic acids is 2. The normalized spacial score (nSPS) is 17.6. The first-order valence-electron chi connectivity index (χ1n) is 9.51. The number of nitrogens with two attached hydrogens (primary N) is 1. The number of anilines is 2. The van der Waals surface area contributed by atoms with Crippen LogP contribution in [-0.2, 0) is 14.3 Å². The van der Waals surface area contributed by atoms with Crippen LogP contribution in [0.5, 0.6) is 0 Å². The lowest BCUT2D eigenvalue weighted by molar-refractivity contribution is -0.116. The topological polar surface area (TPSA) is 131 Å². The lowest BCUT2D eigenvalue weighted by atomic mass is 10.1. The zero-order valence-electron chi connectivity index (χ0n) is 16.5. The zero-order valence-corrected chi connectivity index (χ0v) is 17.3. The summed E-state index contributed by atoms with van der Waals surface area (Å²) in [6.07, 6.45) is 4.68. The van der Waals surface area contributed by atoms with E-state index in [1.165, 1.54) is 7.11 Å². The van der Waals surface area contributed by atoms with E-state index in [1.807, 2.05) is 12.2 Å². The van der Waals surface area contributed by atoms with E-state index in [9.17, 15) is 9.59 Å². The Balaban J connectivity index is 1.92. The molecule has 2 bridgehead atoms. The van der Waals surface area contributed by atoms with Crippen molar-refractivity contribution in [3.63, 3.8) is 0 Å². The molecule has 0 unspecified atom stereocenters. The molecule has 0 saturated carbocycles. The van der Waals surface area contributed by atoms with Gasteiger partial charge in [0.2, 0.25) is 5.91 Å². The molecular weight excluding hydrogens is 410 g/mol. The van der Waals surface area contributed by atoms with Crippen molar-refractivity contribution < 1.29 is 19.1 Å². The van der Waals surface area contributed by atoms with Gasteiger partial charge in [-0.25, -0.2) is 9.78 Å². The SMILES string of the molecule is COCCOC(=O)Nc1ccc2c(c1)NC(=O)CC/C=C/C[C@H](N)c1nc-2c(Cl)[nH]1. The van der Waals surface area contributed by atoms with Crippen molar-refractivity contribution >= 4 is 35.0 Å². The maximum atomic E-state index is 12.4. The number of allylic oxidation sites excluding steroid dienone is 1. The number of amides is 2. The molecule has 5 N–H and O–H groups in total. The Labute approximate surface area is 179 Å². The molecule has 1 atom stereocenters. The minimum absolute atomic E-state index is 0.128. The van der Waals surface area contributed by atoms with Gasteiger partial charge in [0, 0.05) is 24.8 Å². The molecule has 3 rings (SSSR count). The number of halogens is 1. The summed E-state index contributed by atoms with van der Waals surface area (Å²) in [4.78, 5) is 31.9. The summed E-state index contributed by atoms with van der Waals surface area (Å²) < 4.78 is 9.86. The molecule has 0 radical (unpaired) electrons. The van der Waals surface area contributed by atoms with Gasteiger partial charge < -0.3 is 25.5 Å². The van der Waals surface area contributed by atoms with E-state index in [0.717, 1.165) is 0 Å². The third-order valence-corrected chi connectivity index (χ3v) is 4.71. The molecule has 0 fully saturated rings. The molecule has 1 aromatic heterocycles. The van der Waals surface area contributed by atoms with E-state index in [0.29, 0.717) is 59.5 Å². The van der Waals surface area contributed by atoms with Gasteiger partial charge in [-0.3, -0.25) is 10.1 Å². The fraction of sp³-hybridized carbons (Fsp3) is 0.350. The summed E-state index contributed by atoms with van der Waals surface area (Å²) in [7, 11) is 1.52. The van der Waals surface area contributed by atoms with Gasteiger partial charge in [0.25, 0.3) is 0 Å². The number of nitrogens with one attached hydrogen (secondary N) is 3. The van der Waals surface area contributed by atoms with Gasteiger partial charge in [-0.05, 0) is 31.0 Å². The number of aromatic amines is 1. The Morgan fingerprint density at radius 1 is 1.37 bits per heavy atom. The van der Waals surface area contributed by atoms with Gasteiger partial charge in [-0.2, -0.15) is 0 Å². The van der Waals surface area contributed by atoms with Crippen LogP contribution in [0.4, 0.5) is 16.2 Å². The van der Waals surface area contributed by atoms with Crippen LogP contribution in [-0.4, -0.2) is 42.3 Å². The van der Waals surface area contributed by atoms with Crippen LogP contribution in [0.1, 0.15) is 31.1 Å². The van der Waals surface area contributed by atoms with Crippen molar-refractivity contribution in [1.82, 2.24) is 9.97 Å². The van der Waals surface area contributed by atoms with Gasteiger partial charge in [-0.1, -0.05) is 23.8 Å². The van der Waals surface area contributed by atoms with Crippen LogP contribution >= 0.6 is 11.6 Å². The Morgan fingerprint density at radius 2 is 2.20 bits per heavy atom. The molecule has 9 nitrogen and oxygen atoms in total. The molecular formula is C20H24ClN5O4. The number of aromatic nitrogens is 2. The Bertz CT molecular complexity index is 943. The third kappa shape index (κ3) is 5.59. The number of carbonyl (C=O) groups is 2. The van der Waals surface area contributed by atoms with Crippen molar-refractivity contribution in [2.75, 3.05) is 31.0 Å². The molecule has 10 heteroatoms. The predicted octanol–water partition coefficient (Wildman–Crippen LogP) is 3.60. The largest absolute Gasteiger partial charge is 0.447 e. The highest BCUT2D eigenvalue weighted by Crippen LogP contribution is 2.35. The fourth-order valence-corrected chi connectivity index (χ4v) is 3.17. The van der Waals surface area contributed by atoms with Gasteiger partial charge in [0.15, 0.2) is 0 Å². The summed E-state index contributed by atoms with van der Waals surface area (Å²) >= 11 is 6.37. The first-order valence-corrected chi connectivity index (χ1v) is 9.88. The van der Waals surface area contributed by atoms with E-state index in [1.54, 1.807) is 18.2 Å². The molecule has 2 heterocycles. The zero-order chi connectivity index (χ0) is 21.5. The number of methoxy groups -OCH3 is 1. The maximum absolute atomic E-state index is 12.4.